The zero-order chi connectivity index (χ0) is 10.7. The highest BCUT2D eigenvalue weighted by atomic mass is 32.1. The summed E-state index contributed by atoms with van der Waals surface area (Å²) in [4.78, 5) is 11.7. The van der Waals surface area contributed by atoms with Crippen molar-refractivity contribution in [2.75, 3.05) is 0 Å². The highest BCUT2D eigenvalue weighted by Gasteiger charge is 2.08. The van der Waals surface area contributed by atoms with Gasteiger partial charge in [0.1, 0.15) is 5.69 Å². The quantitative estimate of drug-likeness (QED) is 0.740. The minimum Gasteiger partial charge on any atom is -0.292 e. The van der Waals surface area contributed by atoms with Crippen LogP contribution in [0.4, 0.5) is 0 Å². The van der Waals surface area contributed by atoms with Crippen LogP contribution in [0.1, 0.15) is 21.6 Å². The Kier molecular flexibility index (Phi) is 2.92. The van der Waals surface area contributed by atoms with Crippen molar-refractivity contribution in [3.63, 3.8) is 0 Å². The molecular weight excluding hydrogens is 206 g/mol. The highest BCUT2D eigenvalue weighted by molar-refractivity contribution is 7.03. The Bertz CT molecular complexity index is 445. The third-order valence-electron chi connectivity index (χ3n) is 2.21. The molecule has 0 radical (unpaired) electrons. The Labute approximate surface area is 92.7 Å². The summed E-state index contributed by atoms with van der Waals surface area (Å²) in [5, 5.41) is 1.82. The fourth-order valence-electron chi connectivity index (χ4n) is 1.34. The second-order valence-electron chi connectivity index (χ2n) is 3.47. The zero-order valence-corrected chi connectivity index (χ0v) is 9.25. The predicted octanol–water partition coefficient (Wildman–Crippen LogP) is 2.88. The number of hydrogen-bond acceptors (Lipinski definition) is 3. The van der Waals surface area contributed by atoms with Gasteiger partial charge in [0.15, 0.2) is 5.78 Å². The topological polar surface area (TPSA) is 30.0 Å². The average Bonchev–Trinajstić information content (AvgIpc) is 2.74. The van der Waals surface area contributed by atoms with Crippen molar-refractivity contribution >= 4 is 17.3 Å². The van der Waals surface area contributed by atoms with Crippen LogP contribution in [0.3, 0.4) is 0 Å². The van der Waals surface area contributed by atoms with E-state index >= 15 is 0 Å². The summed E-state index contributed by atoms with van der Waals surface area (Å²) < 4.78 is 4.02. The van der Waals surface area contributed by atoms with Crippen molar-refractivity contribution in [2.45, 2.75) is 13.3 Å². The van der Waals surface area contributed by atoms with Crippen molar-refractivity contribution in [1.29, 1.82) is 0 Å². The van der Waals surface area contributed by atoms with Gasteiger partial charge in [-0.05, 0) is 30.1 Å². The smallest absolute Gasteiger partial charge is 0.186 e. The van der Waals surface area contributed by atoms with Crippen LogP contribution in [0, 0.1) is 6.92 Å². The number of ketones is 1. The number of carbonyl (C=O) groups is 1. The molecule has 0 unspecified atom stereocenters. The SMILES string of the molecule is Cc1ccc(CC(=O)c2ccsn2)cc1. The first-order valence-electron chi connectivity index (χ1n) is 4.75. The van der Waals surface area contributed by atoms with Gasteiger partial charge in [-0.1, -0.05) is 29.8 Å². The first-order valence-corrected chi connectivity index (χ1v) is 5.58. The van der Waals surface area contributed by atoms with Crippen molar-refractivity contribution in [1.82, 2.24) is 4.37 Å². The van der Waals surface area contributed by atoms with E-state index in [2.05, 4.69) is 4.37 Å². The first-order chi connectivity index (χ1) is 7.25. The number of benzene rings is 1. The summed E-state index contributed by atoms with van der Waals surface area (Å²) in [7, 11) is 0. The molecular formula is C12H11NOS. The van der Waals surface area contributed by atoms with Crippen LogP contribution < -0.4 is 0 Å². The number of hydrogen-bond donors (Lipinski definition) is 0. The summed E-state index contributed by atoms with van der Waals surface area (Å²) in [5.74, 6) is 0.0834. The van der Waals surface area contributed by atoms with Crippen LogP contribution in [0.2, 0.25) is 0 Å². The summed E-state index contributed by atoms with van der Waals surface area (Å²) in [6.07, 6.45) is 0.435. The summed E-state index contributed by atoms with van der Waals surface area (Å²) in [6, 6.07) is 9.77. The normalized spacial score (nSPS) is 10.2. The molecule has 3 heteroatoms. The molecule has 2 aromatic rings. The second-order valence-corrected chi connectivity index (χ2v) is 4.14. The van der Waals surface area contributed by atoms with E-state index in [1.807, 2.05) is 36.6 Å². The largest absolute Gasteiger partial charge is 0.292 e. The van der Waals surface area contributed by atoms with Crippen LogP contribution in [0.15, 0.2) is 35.7 Å². The van der Waals surface area contributed by atoms with E-state index in [0.29, 0.717) is 12.1 Å². The van der Waals surface area contributed by atoms with Gasteiger partial charge in [0.2, 0.25) is 0 Å². The third kappa shape index (κ3) is 2.50. The van der Waals surface area contributed by atoms with Crippen molar-refractivity contribution in [3.05, 3.63) is 52.5 Å². The summed E-state index contributed by atoms with van der Waals surface area (Å²) >= 11 is 1.31. The first kappa shape index (κ1) is 10.1. The molecule has 0 spiro atoms. The predicted molar refractivity (Wildman–Crippen MR) is 61.3 cm³/mol. The monoisotopic (exact) mass is 217 g/mol. The van der Waals surface area contributed by atoms with E-state index in [0.717, 1.165) is 5.56 Å². The third-order valence-corrected chi connectivity index (χ3v) is 2.77. The summed E-state index contributed by atoms with van der Waals surface area (Å²) in [6.45, 7) is 2.03. The zero-order valence-electron chi connectivity index (χ0n) is 8.43. The molecule has 0 bridgehead atoms. The number of rotatable bonds is 3. The van der Waals surface area contributed by atoms with E-state index in [4.69, 9.17) is 0 Å². The van der Waals surface area contributed by atoms with Gasteiger partial charge in [-0.3, -0.25) is 4.79 Å². The maximum Gasteiger partial charge on any atom is 0.186 e. The van der Waals surface area contributed by atoms with E-state index < -0.39 is 0 Å². The minimum absolute atomic E-state index is 0.0834. The van der Waals surface area contributed by atoms with Crippen molar-refractivity contribution in [2.24, 2.45) is 0 Å². The molecule has 0 aliphatic carbocycles. The molecule has 0 aliphatic rings. The molecule has 0 aliphatic heterocycles. The maximum atomic E-state index is 11.7. The molecule has 2 rings (SSSR count). The van der Waals surface area contributed by atoms with Gasteiger partial charge in [0, 0.05) is 11.8 Å². The molecule has 0 N–H and O–H groups in total. The van der Waals surface area contributed by atoms with Crippen molar-refractivity contribution < 1.29 is 4.79 Å². The van der Waals surface area contributed by atoms with Gasteiger partial charge in [-0.15, -0.1) is 0 Å². The Balaban J connectivity index is 2.09. The van der Waals surface area contributed by atoms with Gasteiger partial charge >= 0.3 is 0 Å². The molecule has 76 valence electrons. The Morgan fingerprint density at radius 1 is 1.27 bits per heavy atom. The van der Waals surface area contributed by atoms with Gasteiger partial charge < -0.3 is 0 Å². The van der Waals surface area contributed by atoms with Crippen LogP contribution in [-0.2, 0) is 6.42 Å². The molecule has 1 heterocycles. The lowest BCUT2D eigenvalue weighted by atomic mass is 10.1. The summed E-state index contributed by atoms with van der Waals surface area (Å²) in [5.41, 5.74) is 2.82. The van der Waals surface area contributed by atoms with E-state index in [9.17, 15) is 4.79 Å². The van der Waals surface area contributed by atoms with Crippen molar-refractivity contribution in [3.8, 4) is 0 Å². The number of nitrogens with zero attached hydrogens (tertiary/aromatic N) is 1. The van der Waals surface area contributed by atoms with Crippen LogP contribution in [-0.4, -0.2) is 10.2 Å². The average molecular weight is 217 g/mol. The molecule has 0 atom stereocenters. The molecule has 2 nitrogen and oxygen atoms in total. The van der Waals surface area contributed by atoms with E-state index in [1.165, 1.54) is 17.1 Å². The molecule has 1 aromatic carbocycles. The van der Waals surface area contributed by atoms with Crippen LogP contribution in [0.5, 0.6) is 0 Å². The Morgan fingerprint density at radius 3 is 2.60 bits per heavy atom. The number of Topliss-reactive ketones (excluding diaryl/α,β-unsaturated/α-hetero) is 1. The fourth-order valence-corrected chi connectivity index (χ4v) is 1.87. The highest BCUT2D eigenvalue weighted by Crippen LogP contribution is 2.08. The lowest BCUT2D eigenvalue weighted by Gasteiger charge is -1.99. The lowest BCUT2D eigenvalue weighted by molar-refractivity contribution is 0.0989. The van der Waals surface area contributed by atoms with Gasteiger partial charge in [-0.2, -0.15) is 4.37 Å². The van der Waals surface area contributed by atoms with E-state index in [-0.39, 0.29) is 5.78 Å². The van der Waals surface area contributed by atoms with Gasteiger partial charge in [-0.25, -0.2) is 0 Å². The second kappa shape index (κ2) is 4.36. The molecule has 15 heavy (non-hydrogen) atoms. The number of aromatic nitrogens is 1. The molecule has 0 saturated carbocycles. The van der Waals surface area contributed by atoms with E-state index in [1.54, 1.807) is 6.07 Å². The van der Waals surface area contributed by atoms with Crippen LogP contribution in [0.25, 0.3) is 0 Å². The Morgan fingerprint density at radius 2 is 2.00 bits per heavy atom. The Hall–Kier alpha value is -1.48. The molecule has 1 aromatic heterocycles. The lowest BCUT2D eigenvalue weighted by Crippen LogP contribution is -2.03. The maximum absolute atomic E-state index is 11.7. The standard InChI is InChI=1S/C12H11NOS/c1-9-2-4-10(5-3-9)8-12(14)11-6-7-15-13-11/h2-7H,8H2,1H3. The molecule has 0 fully saturated rings. The number of aryl methyl sites for hydroxylation is 1. The minimum atomic E-state index is 0.0834. The number of carbonyl (C=O) groups excluding carboxylic acids is 1. The molecule has 0 saturated heterocycles. The molecule has 0 amide bonds. The van der Waals surface area contributed by atoms with Gasteiger partial charge in [0.25, 0.3) is 0 Å². The van der Waals surface area contributed by atoms with Crippen LogP contribution >= 0.6 is 11.5 Å². The van der Waals surface area contributed by atoms with Gasteiger partial charge in [0.05, 0.1) is 0 Å². The fraction of sp³-hybridized carbons (Fsp3) is 0.167.